The van der Waals surface area contributed by atoms with Crippen molar-refractivity contribution in [2.24, 2.45) is 5.92 Å². The second-order valence-electron chi connectivity index (χ2n) is 4.04. The fourth-order valence-electron chi connectivity index (χ4n) is 2.77. The lowest BCUT2D eigenvalue weighted by Gasteiger charge is -2.32. The molecule has 0 aromatic rings. The molecule has 3 atom stereocenters. The van der Waals surface area contributed by atoms with Crippen molar-refractivity contribution in [3.05, 3.63) is 0 Å². The Hall–Kier alpha value is -0.0800. The maximum atomic E-state index is 5.74. The van der Waals surface area contributed by atoms with Crippen LogP contribution in [0.1, 0.15) is 25.7 Å². The quantitative estimate of drug-likeness (QED) is 0.491. The molecular weight excluding hydrogens is 140 g/mol. The van der Waals surface area contributed by atoms with E-state index >= 15 is 0 Å². The van der Waals surface area contributed by atoms with Crippen LogP contribution < -0.4 is 0 Å². The van der Waals surface area contributed by atoms with E-state index in [1.807, 2.05) is 0 Å². The highest BCUT2D eigenvalue weighted by atomic mass is 16.6. The van der Waals surface area contributed by atoms with Crippen molar-refractivity contribution in [2.75, 3.05) is 13.2 Å². The van der Waals surface area contributed by atoms with Gasteiger partial charge in [-0.05, 0) is 12.8 Å². The molecule has 1 unspecified atom stereocenters. The number of hydrogen-bond acceptors (Lipinski definition) is 2. The van der Waals surface area contributed by atoms with Crippen LogP contribution in [-0.2, 0) is 9.47 Å². The zero-order valence-corrected chi connectivity index (χ0v) is 6.71. The monoisotopic (exact) mass is 154 g/mol. The molecule has 62 valence electrons. The fraction of sp³-hybridized carbons (Fsp3) is 1.00. The van der Waals surface area contributed by atoms with Crippen LogP contribution in [0.4, 0.5) is 0 Å². The standard InChI is InChI=1S/C9H14O2/c1-2-4-9-7(3-1)5-10-6-8(9)11-9/h7-8H,1-6H2/t7-,8?,9+/m0/s1. The topological polar surface area (TPSA) is 21.8 Å². The summed E-state index contributed by atoms with van der Waals surface area (Å²) in [5.41, 5.74) is 0.316. The average Bonchev–Trinajstić information content (AvgIpc) is 2.75. The van der Waals surface area contributed by atoms with Crippen molar-refractivity contribution in [1.29, 1.82) is 0 Å². The molecule has 2 aliphatic heterocycles. The number of rotatable bonds is 0. The lowest BCUT2D eigenvalue weighted by molar-refractivity contribution is 0.0308. The molecule has 0 bridgehead atoms. The third kappa shape index (κ3) is 0.744. The third-order valence-electron chi connectivity index (χ3n) is 3.50. The van der Waals surface area contributed by atoms with Gasteiger partial charge in [0.15, 0.2) is 0 Å². The van der Waals surface area contributed by atoms with Crippen molar-refractivity contribution < 1.29 is 9.47 Å². The summed E-state index contributed by atoms with van der Waals surface area (Å²) < 4.78 is 11.2. The molecule has 1 aliphatic carbocycles. The Morgan fingerprint density at radius 2 is 2.18 bits per heavy atom. The van der Waals surface area contributed by atoms with Gasteiger partial charge in [0.2, 0.25) is 0 Å². The summed E-state index contributed by atoms with van der Waals surface area (Å²) in [7, 11) is 0. The van der Waals surface area contributed by atoms with E-state index in [1.54, 1.807) is 0 Å². The first kappa shape index (κ1) is 6.44. The summed E-state index contributed by atoms with van der Waals surface area (Å²) in [6, 6.07) is 0. The number of ether oxygens (including phenoxy) is 2. The highest BCUT2D eigenvalue weighted by molar-refractivity contribution is 5.10. The van der Waals surface area contributed by atoms with Gasteiger partial charge in [-0.15, -0.1) is 0 Å². The van der Waals surface area contributed by atoms with Gasteiger partial charge in [0.1, 0.15) is 11.7 Å². The second kappa shape index (κ2) is 1.99. The predicted octanol–water partition coefficient (Wildman–Crippen LogP) is 1.34. The molecule has 2 heterocycles. The van der Waals surface area contributed by atoms with Gasteiger partial charge >= 0.3 is 0 Å². The first-order valence-corrected chi connectivity index (χ1v) is 4.67. The molecule has 3 rings (SSSR count). The smallest absolute Gasteiger partial charge is 0.111 e. The van der Waals surface area contributed by atoms with Gasteiger partial charge in [-0.2, -0.15) is 0 Å². The molecule has 2 nitrogen and oxygen atoms in total. The van der Waals surface area contributed by atoms with Crippen molar-refractivity contribution in [2.45, 2.75) is 37.4 Å². The van der Waals surface area contributed by atoms with Gasteiger partial charge in [0.25, 0.3) is 0 Å². The van der Waals surface area contributed by atoms with Gasteiger partial charge in [-0.1, -0.05) is 12.8 Å². The molecule has 3 fully saturated rings. The van der Waals surface area contributed by atoms with Crippen molar-refractivity contribution in [3.8, 4) is 0 Å². The molecule has 0 radical (unpaired) electrons. The van der Waals surface area contributed by atoms with Gasteiger partial charge < -0.3 is 9.47 Å². The Labute approximate surface area is 66.9 Å². The summed E-state index contributed by atoms with van der Waals surface area (Å²) in [5.74, 6) is 0.731. The van der Waals surface area contributed by atoms with Crippen molar-refractivity contribution in [3.63, 3.8) is 0 Å². The largest absolute Gasteiger partial charge is 0.378 e. The average molecular weight is 154 g/mol. The van der Waals surface area contributed by atoms with E-state index in [2.05, 4.69) is 0 Å². The van der Waals surface area contributed by atoms with Crippen LogP contribution in [0, 0.1) is 5.92 Å². The minimum Gasteiger partial charge on any atom is -0.378 e. The molecule has 0 N–H and O–H groups in total. The summed E-state index contributed by atoms with van der Waals surface area (Å²) in [6.07, 6.45) is 5.85. The van der Waals surface area contributed by atoms with E-state index < -0.39 is 0 Å². The molecular formula is C9H14O2. The molecule has 0 aromatic carbocycles. The van der Waals surface area contributed by atoms with Crippen LogP contribution in [0.2, 0.25) is 0 Å². The van der Waals surface area contributed by atoms with E-state index in [9.17, 15) is 0 Å². The maximum Gasteiger partial charge on any atom is 0.111 e. The zero-order valence-electron chi connectivity index (χ0n) is 6.71. The summed E-state index contributed by atoms with van der Waals surface area (Å²) in [5, 5.41) is 0. The molecule has 0 aromatic heterocycles. The second-order valence-corrected chi connectivity index (χ2v) is 4.04. The number of epoxide rings is 1. The molecule has 0 amide bonds. The maximum absolute atomic E-state index is 5.74. The molecule has 3 aliphatic rings. The molecule has 2 saturated heterocycles. The van der Waals surface area contributed by atoms with Crippen LogP contribution in [-0.4, -0.2) is 24.9 Å². The van der Waals surface area contributed by atoms with Crippen LogP contribution in [0.3, 0.4) is 0 Å². The van der Waals surface area contributed by atoms with E-state index in [0.717, 1.165) is 19.1 Å². The summed E-state index contributed by atoms with van der Waals surface area (Å²) in [4.78, 5) is 0. The molecule has 1 saturated carbocycles. The summed E-state index contributed by atoms with van der Waals surface area (Å²) >= 11 is 0. The van der Waals surface area contributed by atoms with Crippen LogP contribution in [0.5, 0.6) is 0 Å². The minimum absolute atomic E-state index is 0.316. The van der Waals surface area contributed by atoms with Crippen LogP contribution in [0.15, 0.2) is 0 Å². The van der Waals surface area contributed by atoms with Crippen molar-refractivity contribution in [1.82, 2.24) is 0 Å². The lowest BCUT2D eigenvalue weighted by atomic mass is 9.76. The zero-order chi connectivity index (χ0) is 7.31. The van der Waals surface area contributed by atoms with Gasteiger partial charge in [0.05, 0.1) is 13.2 Å². The summed E-state index contributed by atoms with van der Waals surface area (Å²) in [6.45, 7) is 1.81. The fourth-order valence-corrected chi connectivity index (χ4v) is 2.77. The molecule has 2 heteroatoms. The highest BCUT2D eigenvalue weighted by Crippen LogP contribution is 2.53. The van der Waals surface area contributed by atoms with Crippen molar-refractivity contribution >= 4 is 0 Å². The van der Waals surface area contributed by atoms with Gasteiger partial charge in [0, 0.05) is 5.92 Å². The van der Waals surface area contributed by atoms with E-state index in [1.165, 1.54) is 25.7 Å². The van der Waals surface area contributed by atoms with E-state index in [4.69, 9.17) is 9.47 Å². The lowest BCUT2D eigenvalue weighted by Crippen LogP contribution is -2.39. The van der Waals surface area contributed by atoms with Gasteiger partial charge in [-0.3, -0.25) is 0 Å². The Kier molecular flexibility index (Phi) is 1.16. The minimum atomic E-state index is 0.316. The van der Waals surface area contributed by atoms with E-state index in [-0.39, 0.29) is 0 Å². The predicted molar refractivity (Wildman–Crippen MR) is 40.4 cm³/mol. The van der Waals surface area contributed by atoms with E-state index in [0.29, 0.717) is 11.7 Å². The van der Waals surface area contributed by atoms with Crippen LogP contribution in [0.25, 0.3) is 0 Å². The Morgan fingerprint density at radius 3 is 3.09 bits per heavy atom. The normalized spacial score (nSPS) is 54.5. The van der Waals surface area contributed by atoms with Crippen LogP contribution >= 0.6 is 0 Å². The SMILES string of the molecule is C1CC[C@]23OC2COC[C@@H]3C1. The first-order chi connectivity index (χ1) is 5.42. The third-order valence-corrected chi connectivity index (χ3v) is 3.50. The Balaban J connectivity index is 1.84. The highest BCUT2D eigenvalue weighted by Gasteiger charge is 2.63. The number of hydrogen-bond donors (Lipinski definition) is 0. The Bertz CT molecular complexity index is 178. The Morgan fingerprint density at radius 1 is 1.18 bits per heavy atom. The first-order valence-electron chi connectivity index (χ1n) is 4.67. The molecule has 11 heavy (non-hydrogen) atoms. The van der Waals surface area contributed by atoms with Gasteiger partial charge in [-0.25, -0.2) is 0 Å². The molecule has 1 spiro atoms.